The van der Waals surface area contributed by atoms with Gasteiger partial charge in [-0.3, -0.25) is 4.79 Å². The van der Waals surface area contributed by atoms with Gasteiger partial charge in [-0.05, 0) is 42.8 Å². The molecule has 0 aliphatic rings. The standard InChI is InChI=1S/C24H21NO6/c1-15-23(19-5-3-4-6-21(19)29-2)24(26)20-12-11-18(13-22(20)31-15)30-14-16-7-9-17(10-8-16)25(27)28/h3-13,25,27H,14H2,1-2H3. The summed E-state index contributed by atoms with van der Waals surface area (Å²) in [5.41, 5.74) is 2.49. The zero-order valence-electron chi connectivity index (χ0n) is 17.0. The van der Waals surface area contributed by atoms with E-state index in [2.05, 4.69) is 0 Å². The van der Waals surface area contributed by atoms with Crippen LogP contribution in [0.2, 0.25) is 0 Å². The van der Waals surface area contributed by atoms with Crippen LogP contribution in [0, 0.1) is 12.1 Å². The molecule has 1 unspecified atom stereocenters. The second-order valence-corrected chi connectivity index (χ2v) is 7.01. The Labute approximate surface area is 178 Å². The van der Waals surface area contributed by atoms with E-state index in [0.29, 0.717) is 39.4 Å². The third kappa shape index (κ3) is 4.15. The summed E-state index contributed by atoms with van der Waals surface area (Å²) in [5.74, 6) is 1.64. The Balaban J connectivity index is 1.64. The number of methoxy groups -OCH3 is 1. The molecule has 1 aromatic heterocycles. The first-order chi connectivity index (χ1) is 15.0. The van der Waals surface area contributed by atoms with Gasteiger partial charge in [-0.25, -0.2) is 5.21 Å². The van der Waals surface area contributed by atoms with Gasteiger partial charge in [0.25, 0.3) is 0 Å². The zero-order valence-corrected chi connectivity index (χ0v) is 17.0. The Bertz CT molecular complexity index is 1280. The fraction of sp³-hybridized carbons (Fsp3) is 0.125. The van der Waals surface area contributed by atoms with Crippen molar-refractivity contribution in [3.8, 4) is 22.6 Å². The molecule has 0 aliphatic heterocycles. The maximum Gasteiger partial charge on any atom is 0.200 e. The van der Waals surface area contributed by atoms with Crippen LogP contribution < -0.4 is 20.1 Å². The van der Waals surface area contributed by atoms with E-state index in [-0.39, 0.29) is 17.7 Å². The van der Waals surface area contributed by atoms with Crippen LogP contribution >= 0.6 is 0 Å². The largest absolute Gasteiger partial charge is 0.595 e. The number of ether oxygens (including phenoxy) is 2. The lowest BCUT2D eigenvalue weighted by molar-refractivity contribution is -0.991. The normalized spacial score (nSPS) is 12.0. The quantitative estimate of drug-likeness (QED) is 0.462. The van der Waals surface area contributed by atoms with E-state index < -0.39 is 5.23 Å². The van der Waals surface area contributed by atoms with Crippen LogP contribution in [0.5, 0.6) is 11.5 Å². The van der Waals surface area contributed by atoms with Gasteiger partial charge in [-0.1, -0.05) is 18.2 Å². The topological polar surface area (TPSA) is 96.4 Å². The molecule has 2 N–H and O–H groups in total. The molecule has 1 atom stereocenters. The minimum absolute atomic E-state index is 0.140. The summed E-state index contributed by atoms with van der Waals surface area (Å²) in [6.45, 7) is 2.01. The second-order valence-electron chi connectivity index (χ2n) is 7.01. The number of quaternary nitrogens is 1. The van der Waals surface area contributed by atoms with Crippen LogP contribution in [-0.4, -0.2) is 12.3 Å². The lowest BCUT2D eigenvalue weighted by Crippen LogP contribution is -2.99. The van der Waals surface area contributed by atoms with Crippen molar-refractivity contribution in [1.82, 2.24) is 0 Å². The molecule has 31 heavy (non-hydrogen) atoms. The van der Waals surface area contributed by atoms with Gasteiger partial charge in [-0.15, -0.1) is 0 Å². The molecule has 0 saturated heterocycles. The second kappa shape index (κ2) is 8.61. The highest BCUT2D eigenvalue weighted by atomic mass is 16.8. The summed E-state index contributed by atoms with van der Waals surface area (Å²) in [4.78, 5) is 13.2. The fourth-order valence-electron chi connectivity index (χ4n) is 3.45. The first kappa shape index (κ1) is 20.6. The summed E-state index contributed by atoms with van der Waals surface area (Å²) in [6, 6.07) is 18.9. The molecule has 0 amide bonds. The number of rotatable bonds is 6. The zero-order chi connectivity index (χ0) is 22.0. The van der Waals surface area contributed by atoms with Crippen molar-refractivity contribution in [3.63, 3.8) is 0 Å². The van der Waals surface area contributed by atoms with Gasteiger partial charge in [0.1, 0.15) is 29.4 Å². The van der Waals surface area contributed by atoms with Crippen LogP contribution in [0.15, 0.2) is 75.9 Å². The predicted octanol–water partition coefficient (Wildman–Crippen LogP) is 3.76. The lowest BCUT2D eigenvalue weighted by Gasteiger charge is -2.13. The molecule has 0 radical (unpaired) electrons. The Morgan fingerprint density at radius 3 is 2.52 bits per heavy atom. The van der Waals surface area contributed by atoms with Crippen LogP contribution in [0.3, 0.4) is 0 Å². The highest BCUT2D eigenvalue weighted by Gasteiger charge is 2.17. The van der Waals surface area contributed by atoms with E-state index in [0.717, 1.165) is 5.56 Å². The van der Waals surface area contributed by atoms with Gasteiger partial charge in [0.05, 0.1) is 18.1 Å². The highest BCUT2D eigenvalue weighted by molar-refractivity contribution is 5.85. The van der Waals surface area contributed by atoms with Gasteiger partial charge < -0.3 is 19.1 Å². The molecule has 0 fully saturated rings. The first-order valence-corrected chi connectivity index (χ1v) is 9.64. The summed E-state index contributed by atoms with van der Waals surface area (Å²) in [6.07, 6.45) is 0. The Kier molecular flexibility index (Phi) is 5.73. The van der Waals surface area contributed by atoms with E-state index in [1.807, 2.05) is 18.2 Å². The summed E-state index contributed by atoms with van der Waals surface area (Å²) >= 11 is 0. The Hall–Kier alpha value is -3.65. The number of hydrogen-bond donors (Lipinski definition) is 2. The molecule has 1 heterocycles. The molecule has 158 valence electrons. The minimum atomic E-state index is -0.972. The molecular formula is C24H21NO6. The van der Waals surface area contributed by atoms with Crippen molar-refractivity contribution in [2.45, 2.75) is 13.5 Å². The maximum atomic E-state index is 13.2. The Morgan fingerprint density at radius 2 is 1.81 bits per heavy atom. The van der Waals surface area contributed by atoms with Gasteiger partial charge in [-0.2, -0.15) is 5.23 Å². The first-order valence-electron chi connectivity index (χ1n) is 9.64. The Morgan fingerprint density at radius 1 is 1.06 bits per heavy atom. The lowest BCUT2D eigenvalue weighted by atomic mass is 10.0. The van der Waals surface area contributed by atoms with Gasteiger partial charge in [0.2, 0.25) is 5.43 Å². The van der Waals surface area contributed by atoms with Crippen LogP contribution in [0.4, 0.5) is 5.69 Å². The SMILES string of the molecule is COc1ccccc1-c1c(C)oc2cc(OCc3ccc([NH+]([O-])O)cc3)ccc2c1=O. The van der Waals surface area contributed by atoms with E-state index in [1.54, 1.807) is 50.4 Å². The third-order valence-electron chi connectivity index (χ3n) is 5.02. The summed E-state index contributed by atoms with van der Waals surface area (Å²) < 4.78 is 17.2. The number of fused-ring (bicyclic) bond motifs is 1. The maximum absolute atomic E-state index is 13.2. The molecule has 4 aromatic rings. The van der Waals surface area contributed by atoms with Crippen molar-refractivity contribution >= 4 is 16.7 Å². The van der Waals surface area contributed by atoms with E-state index in [1.165, 1.54) is 12.1 Å². The summed E-state index contributed by atoms with van der Waals surface area (Å²) in [7, 11) is 1.57. The molecule has 3 aromatic carbocycles. The molecule has 0 bridgehead atoms. The molecule has 4 rings (SSSR count). The van der Waals surface area contributed by atoms with Crippen molar-refractivity contribution in [2.24, 2.45) is 0 Å². The monoisotopic (exact) mass is 419 g/mol. The molecule has 0 spiro atoms. The van der Waals surface area contributed by atoms with E-state index in [9.17, 15) is 10.0 Å². The van der Waals surface area contributed by atoms with Crippen LogP contribution in [0.25, 0.3) is 22.1 Å². The minimum Gasteiger partial charge on any atom is -0.595 e. The number of para-hydroxylation sites is 1. The smallest absolute Gasteiger partial charge is 0.200 e. The predicted molar refractivity (Wildman–Crippen MR) is 116 cm³/mol. The highest BCUT2D eigenvalue weighted by Crippen LogP contribution is 2.32. The third-order valence-corrected chi connectivity index (χ3v) is 5.02. The van der Waals surface area contributed by atoms with Crippen LogP contribution in [0.1, 0.15) is 11.3 Å². The number of benzene rings is 3. The van der Waals surface area contributed by atoms with Crippen molar-refractivity contribution in [2.75, 3.05) is 7.11 Å². The van der Waals surface area contributed by atoms with Gasteiger partial charge >= 0.3 is 0 Å². The number of aryl methyl sites for hydroxylation is 1. The molecule has 7 heteroatoms. The summed E-state index contributed by atoms with van der Waals surface area (Å²) in [5, 5.41) is 19.4. The molecular weight excluding hydrogens is 398 g/mol. The molecule has 0 saturated carbocycles. The van der Waals surface area contributed by atoms with Gasteiger partial charge in [0, 0.05) is 23.8 Å². The van der Waals surface area contributed by atoms with Gasteiger partial charge in [0.15, 0.2) is 5.69 Å². The van der Waals surface area contributed by atoms with Crippen LogP contribution in [-0.2, 0) is 6.61 Å². The average Bonchev–Trinajstić information content (AvgIpc) is 2.78. The van der Waals surface area contributed by atoms with Crippen molar-refractivity contribution in [1.29, 1.82) is 0 Å². The van der Waals surface area contributed by atoms with Crippen molar-refractivity contribution < 1.29 is 24.3 Å². The fourth-order valence-corrected chi connectivity index (χ4v) is 3.45. The average molecular weight is 419 g/mol. The van der Waals surface area contributed by atoms with E-state index >= 15 is 0 Å². The molecule has 7 nitrogen and oxygen atoms in total. The van der Waals surface area contributed by atoms with Crippen molar-refractivity contribution in [3.05, 3.63) is 93.5 Å². The van der Waals surface area contributed by atoms with E-state index in [4.69, 9.17) is 19.1 Å². The number of nitrogens with one attached hydrogen (secondary N) is 1. The number of hydrogen-bond acceptors (Lipinski definition) is 6. The molecule has 0 aliphatic carbocycles.